The summed E-state index contributed by atoms with van der Waals surface area (Å²) >= 11 is 0. The molecular weight excluding hydrogens is 274 g/mol. The molecule has 7 nitrogen and oxygen atoms in total. The van der Waals surface area contributed by atoms with Gasteiger partial charge in [0.1, 0.15) is 5.52 Å². The third-order valence-corrected chi connectivity index (χ3v) is 2.97. The SMILES string of the molecule is COC(CNC(=O)c1cccc2nccnc12)CC(=O)O. The molecule has 1 amide bonds. The molecule has 1 heterocycles. The molecule has 0 fully saturated rings. The Labute approximate surface area is 121 Å². The third-order valence-electron chi connectivity index (χ3n) is 2.97. The van der Waals surface area contributed by atoms with Gasteiger partial charge in [0.25, 0.3) is 5.91 Å². The second-order valence-corrected chi connectivity index (χ2v) is 4.40. The van der Waals surface area contributed by atoms with Crippen LogP contribution in [-0.2, 0) is 9.53 Å². The van der Waals surface area contributed by atoms with Gasteiger partial charge >= 0.3 is 5.97 Å². The average molecular weight is 289 g/mol. The van der Waals surface area contributed by atoms with Crippen LogP contribution >= 0.6 is 0 Å². The second-order valence-electron chi connectivity index (χ2n) is 4.40. The number of fused-ring (bicyclic) bond motifs is 1. The number of hydrogen-bond donors (Lipinski definition) is 2. The average Bonchev–Trinajstić information content (AvgIpc) is 2.50. The van der Waals surface area contributed by atoms with E-state index in [-0.39, 0.29) is 18.9 Å². The van der Waals surface area contributed by atoms with Crippen molar-refractivity contribution < 1.29 is 19.4 Å². The lowest BCUT2D eigenvalue weighted by Gasteiger charge is -2.14. The molecule has 7 heteroatoms. The van der Waals surface area contributed by atoms with Gasteiger partial charge in [0.2, 0.25) is 0 Å². The first-order valence-corrected chi connectivity index (χ1v) is 6.34. The Hall–Kier alpha value is -2.54. The maximum absolute atomic E-state index is 12.2. The van der Waals surface area contributed by atoms with Crippen LogP contribution in [-0.4, -0.2) is 46.7 Å². The van der Waals surface area contributed by atoms with Crippen LogP contribution in [0.1, 0.15) is 16.8 Å². The van der Waals surface area contributed by atoms with Crippen LogP contribution in [0.25, 0.3) is 11.0 Å². The highest BCUT2D eigenvalue weighted by Gasteiger charge is 2.16. The fraction of sp³-hybridized carbons (Fsp3) is 0.286. The number of hydrogen-bond acceptors (Lipinski definition) is 5. The van der Waals surface area contributed by atoms with Crippen molar-refractivity contribution in [1.82, 2.24) is 15.3 Å². The van der Waals surface area contributed by atoms with Crippen molar-refractivity contribution in [2.45, 2.75) is 12.5 Å². The van der Waals surface area contributed by atoms with Crippen LogP contribution in [0.2, 0.25) is 0 Å². The number of aliphatic carboxylic acids is 1. The van der Waals surface area contributed by atoms with Crippen molar-refractivity contribution in [3.05, 3.63) is 36.2 Å². The Kier molecular flexibility index (Phi) is 4.78. The van der Waals surface area contributed by atoms with Gasteiger partial charge < -0.3 is 15.2 Å². The molecule has 0 aliphatic carbocycles. The van der Waals surface area contributed by atoms with Crippen LogP contribution in [0.3, 0.4) is 0 Å². The molecule has 0 spiro atoms. The number of ether oxygens (including phenoxy) is 1. The minimum atomic E-state index is -0.980. The molecule has 0 radical (unpaired) electrons. The van der Waals surface area contributed by atoms with Crippen LogP contribution in [0.5, 0.6) is 0 Å². The van der Waals surface area contributed by atoms with Gasteiger partial charge in [-0.3, -0.25) is 19.6 Å². The molecule has 0 bridgehead atoms. The first kappa shape index (κ1) is 14.9. The normalized spacial score (nSPS) is 12.0. The van der Waals surface area contributed by atoms with Crippen LogP contribution in [0.15, 0.2) is 30.6 Å². The lowest BCUT2D eigenvalue weighted by molar-refractivity contribution is -0.139. The summed E-state index contributed by atoms with van der Waals surface area (Å²) in [6.45, 7) is 0.109. The molecule has 0 aliphatic heterocycles. The number of amides is 1. The lowest BCUT2D eigenvalue weighted by atomic mass is 10.1. The largest absolute Gasteiger partial charge is 0.481 e. The summed E-state index contributed by atoms with van der Waals surface area (Å²) in [5.74, 6) is -1.32. The number of carbonyl (C=O) groups excluding carboxylic acids is 1. The van der Waals surface area contributed by atoms with E-state index in [2.05, 4.69) is 15.3 Å². The van der Waals surface area contributed by atoms with E-state index in [1.807, 2.05) is 0 Å². The van der Waals surface area contributed by atoms with Crippen molar-refractivity contribution in [1.29, 1.82) is 0 Å². The molecule has 1 aromatic heterocycles. The number of para-hydroxylation sites is 1. The number of carbonyl (C=O) groups is 2. The van der Waals surface area contributed by atoms with Gasteiger partial charge in [0.05, 0.1) is 23.6 Å². The maximum atomic E-state index is 12.2. The van der Waals surface area contributed by atoms with Gasteiger partial charge in [-0.05, 0) is 12.1 Å². The summed E-state index contributed by atoms with van der Waals surface area (Å²) in [7, 11) is 1.41. The van der Waals surface area contributed by atoms with Crippen molar-refractivity contribution in [2.24, 2.45) is 0 Å². The van der Waals surface area contributed by atoms with Crippen molar-refractivity contribution in [2.75, 3.05) is 13.7 Å². The van der Waals surface area contributed by atoms with Crippen LogP contribution in [0, 0.1) is 0 Å². The topological polar surface area (TPSA) is 101 Å². The smallest absolute Gasteiger partial charge is 0.306 e. The highest BCUT2D eigenvalue weighted by Crippen LogP contribution is 2.13. The standard InChI is InChI=1S/C14H15N3O4/c1-21-9(7-12(18)19)8-17-14(20)10-3-2-4-11-13(10)16-6-5-15-11/h2-6,9H,7-8H2,1H3,(H,17,20)(H,18,19). The van der Waals surface area contributed by atoms with Gasteiger partial charge in [-0.25, -0.2) is 0 Å². The molecule has 21 heavy (non-hydrogen) atoms. The van der Waals surface area contributed by atoms with Gasteiger partial charge in [0, 0.05) is 26.0 Å². The Morgan fingerprint density at radius 2 is 2.10 bits per heavy atom. The fourth-order valence-electron chi connectivity index (χ4n) is 1.91. The van der Waals surface area contributed by atoms with E-state index in [1.54, 1.807) is 24.4 Å². The van der Waals surface area contributed by atoms with Gasteiger partial charge in [-0.2, -0.15) is 0 Å². The molecule has 2 N–H and O–H groups in total. The second kappa shape index (κ2) is 6.76. The van der Waals surface area contributed by atoms with Crippen molar-refractivity contribution in [3.63, 3.8) is 0 Å². The first-order valence-electron chi connectivity index (χ1n) is 6.34. The minimum Gasteiger partial charge on any atom is -0.481 e. The highest BCUT2D eigenvalue weighted by molar-refractivity contribution is 6.04. The van der Waals surface area contributed by atoms with E-state index in [4.69, 9.17) is 9.84 Å². The van der Waals surface area contributed by atoms with E-state index < -0.39 is 12.1 Å². The van der Waals surface area contributed by atoms with Crippen LogP contribution in [0.4, 0.5) is 0 Å². The predicted molar refractivity (Wildman–Crippen MR) is 74.9 cm³/mol. The summed E-state index contributed by atoms with van der Waals surface area (Å²) in [6.07, 6.45) is 2.32. The van der Waals surface area contributed by atoms with Gasteiger partial charge in [-0.1, -0.05) is 6.07 Å². The molecule has 1 aromatic carbocycles. The fourth-order valence-corrected chi connectivity index (χ4v) is 1.91. The Bertz CT molecular complexity index is 654. The lowest BCUT2D eigenvalue weighted by Crippen LogP contribution is -2.34. The Balaban J connectivity index is 2.10. The highest BCUT2D eigenvalue weighted by atomic mass is 16.5. The molecule has 0 saturated heterocycles. The number of nitrogens with zero attached hydrogens (tertiary/aromatic N) is 2. The molecular formula is C14H15N3O4. The van der Waals surface area contributed by atoms with E-state index >= 15 is 0 Å². The summed E-state index contributed by atoms with van der Waals surface area (Å²) in [6, 6.07) is 5.13. The van der Waals surface area contributed by atoms with E-state index in [9.17, 15) is 9.59 Å². The minimum absolute atomic E-state index is 0.109. The zero-order valence-corrected chi connectivity index (χ0v) is 11.4. The Morgan fingerprint density at radius 1 is 1.33 bits per heavy atom. The zero-order valence-electron chi connectivity index (χ0n) is 11.4. The number of nitrogens with one attached hydrogen (secondary N) is 1. The summed E-state index contributed by atoms with van der Waals surface area (Å²) < 4.78 is 5.01. The summed E-state index contributed by atoms with van der Waals surface area (Å²) in [5.41, 5.74) is 1.52. The van der Waals surface area contributed by atoms with Gasteiger partial charge in [0.15, 0.2) is 0 Å². The number of methoxy groups -OCH3 is 1. The number of aromatic nitrogens is 2. The number of benzene rings is 1. The summed E-state index contributed by atoms with van der Waals surface area (Å²) in [5, 5.41) is 11.4. The molecule has 0 aliphatic rings. The molecule has 110 valence electrons. The molecule has 1 atom stereocenters. The van der Waals surface area contributed by atoms with Crippen LogP contribution < -0.4 is 5.32 Å². The monoisotopic (exact) mass is 289 g/mol. The third kappa shape index (κ3) is 3.73. The number of rotatable bonds is 6. The quantitative estimate of drug-likeness (QED) is 0.817. The molecule has 0 saturated carbocycles. The molecule has 2 rings (SSSR count). The zero-order chi connectivity index (χ0) is 15.2. The molecule has 1 unspecified atom stereocenters. The van der Waals surface area contributed by atoms with E-state index in [1.165, 1.54) is 13.3 Å². The van der Waals surface area contributed by atoms with Gasteiger partial charge in [-0.15, -0.1) is 0 Å². The van der Waals surface area contributed by atoms with E-state index in [0.29, 0.717) is 16.6 Å². The molecule has 2 aromatic rings. The predicted octanol–water partition coefficient (Wildman–Crippen LogP) is 0.849. The first-order chi connectivity index (χ1) is 10.1. The van der Waals surface area contributed by atoms with Crippen molar-refractivity contribution >= 4 is 22.9 Å². The number of carboxylic acid groups (broad SMARTS) is 1. The van der Waals surface area contributed by atoms with Crippen molar-refractivity contribution in [3.8, 4) is 0 Å². The summed E-state index contributed by atoms with van der Waals surface area (Å²) in [4.78, 5) is 31.1. The Morgan fingerprint density at radius 3 is 2.81 bits per heavy atom. The maximum Gasteiger partial charge on any atom is 0.306 e. The van der Waals surface area contributed by atoms with E-state index in [0.717, 1.165) is 0 Å². The number of carboxylic acids is 1.